The maximum absolute atomic E-state index is 13.5. The quantitative estimate of drug-likeness (QED) is 0.806. The van der Waals surface area contributed by atoms with E-state index in [0.29, 0.717) is 10.7 Å². The lowest BCUT2D eigenvalue weighted by atomic mass is 10.1. The lowest BCUT2D eigenvalue weighted by molar-refractivity contribution is 0.102. The van der Waals surface area contributed by atoms with Gasteiger partial charge in [-0.15, -0.1) is 5.10 Å². The molecule has 0 aliphatic rings. The molecule has 0 aliphatic heterocycles. The van der Waals surface area contributed by atoms with Crippen LogP contribution in [0.1, 0.15) is 10.4 Å². The molecule has 1 amide bonds. The molecule has 0 radical (unpaired) electrons. The van der Waals surface area contributed by atoms with Gasteiger partial charge in [0.1, 0.15) is 12.1 Å². The van der Waals surface area contributed by atoms with Crippen LogP contribution >= 0.6 is 11.6 Å². The Labute approximate surface area is 129 Å². The van der Waals surface area contributed by atoms with Gasteiger partial charge in [0.05, 0.1) is 22.0 Å². The Morgan fingerprint density at radius 1 is 1.23 bits per heavy atom. The van der Waals surface area contributed by atoms with Crippen molar-refractivity contribution in [3.05, 3.63) is 65.2 Å². The fourth-order valence-corrected chi connectivity index (χ4v) is 2.09. The highest BCUT2D eigenvalue weighted by Crippen LogP contribution is 2.22. The molecule has 0 saturated carbocycles. The maximum atomic E-state index is 13.5. The molecule has 1 heterocycles. The van der Waals surface area contributed by atoms with E-state index < -0.39 is 11.7 Å². The van der Waals surface area contributed by atoms with Gasteiger partial charge in [-0.05, 0) is 34.7 Å². The Kier molecular flexibility index (Phi) is 3.80. The summed E-state index contributed by atoms with van der Waals surface area (Å²) in [4.78, 5) is 12.4. The first kappa shape index (κ1) is 14.2. The van der Waals surface area contributed by atoms with Crippen molar-refractivity contribution in [1.29, 1.82) is 0 Å². The number of nitrogens with zero attached hydrogens (tertiary/aromatic N) is 4. The summed E-state index contributed by atoms with van der Waals surface area (Å²) in [6.07, 6.45) is 1.28. The molecule has 0 unspecified atom stereocenters. The SMILES string of the molecule is O=C(Nc1ccccc1Cl)c1ccc(F)cc1-n1cnnn1. The van der Waals surface area contributed by atoms with E-state index in [9.17, 15) is 9.18 Å². The van der Waals surface area contributed by atoms with Gasteiger partial charge in [-0.1, -0.05) is 23.7 Å². The van der Waals surface area contributed by atoms with Crippen LogP contribution in [0.3, 0.4) is 0 Å². The third-order valence-corrected chi connectivity index (χ3v) is 3.25. The van der Waals surface area contributed by atoms with Crippen molar-refractivity contribution in [2.24, 2.45) is 0 Å². The van der Waals surface area contributed by atoms with E-state index in [4.69, 9.17) is 11.6 Å². The van der Waals surface area contributed by atoms with Crippen molar-refractivity contribution in [2.75, 3.05) is 5.32 Å². The summed E-state index contributed by atoms with van der Waals surface area (Å²) >= 11 is 6.01. The van der Waals surface area contributed by atoms with Gasteiger partial charge in [0.25, 0.3) is 5.91 Å². The average molecular weight is 318 g/mol. The van der Waals surface area contributed by atoms with Gasteiger partial charge in [-0.25, -0.2) is 4.39 Å². The van der Waals surface area contributed by atoms with Gasteiger partial charge >= 0.3 is 0 Å². The second kappa shape index (κ2) is 5.90. The first-order chi connectivity index (χ1) is 10.6. The van der Waals surface area contributed by atoms with Crippen molar-refractivity contribution in [3.8, 4) is 5.69 Å². The number of hydrogen-bond donors (Lipinski definition) is 1. The fraction of sp³-hybridized carbons (Fsp3) is 0. The van der Waals surface area contributed by atoms with Crippen LogP contribution in [0, 0.1) is 5.82 Å². The largest absolute Gasteiger partial charge is 0.321 e. The lowest BCUT2D eigenvalue weighted by Crippen LogP contribution is -2.16. The predicted octanol–water partition coefficient (Wildman–Crippen LogP) is 2.71. The summed E-state index contributed by atoms with van der Waals surface area (Å²) in [7, 11) is 0. The molecule has 0 saturated heterocycles. The van der Waals surface area contributed by atoms with Crippen molar-refractivity contribution in [1.82, 2.24) is 20.2 Å². The molecule has 22 heavy (non-hydrogen) atoms. The molecule has 110 valence electrons. The average Bonchev–Trinajstić information content (AvgIpc) is 3.03. The third kappa shape index (κ3) is 2.79. The van der Waals surface area contributed by atoms with Crippen LogP contribution in [0.25, 0.3) is 5.69 Å². The molecular formula is C14H9ClFN5O. The van der Waals surface area contributed by atoms with E-state index in [1.54, 1.807) is 24.3 Å². The van der Waals surface area contributed by atoms with E-state index >= 15 is 0 Å². The molecule has 0 bridgehead atoms. The Morgan fingerprint density at radius 2 is 2.05 bits per heavy atom. The van der Waals surface area contributed by atoms with Crippen LogP contribution in [0.5, 0.6) is 0 Å². The fourth-order valence-electron chi connectivity index (χ4n) is 1.91. The summed E-state index contributed by atoms with van der Waals surface area (Å²) in [5, 5.41) is 13.7. The molecule has 0 atom stereocenters. The smallest absolute Gasteiger partial charge is 0.257 e. The molecule has 8 heteroatoms. The minimum atomic E-state index is -0.500. The van der Waals surface area contributed by atoms with E-state index in [2.05, 4.69) is 20.8 Å². The van der Waals surface area contributed by atoms with Crippen molar-refractivity contribution >= 4 is 23.2 Å². The monoisotopic (exact) mass is 317 g/mol. The molecule has 6 nitrogen and oxygen atoms in total. The zero-order valence-corrected chi connectivity index (χ0v) is 11.8. The third-order valence-electron chi connectivity index (χ3n) is 2.92. The first-order valence-corrected chi connectivity index (χ1v) is 6.62. The summed E-state index contributed by atoms with van der Waals surface area (Å²) in [6.45, 7) is 0. The predicted molar refractivity (Wildman–Crippen MR) is 78.5 cm³/mol. The highest BCUT2D eigenvalue weighted by molar-refractivity contribution is 6.33. The number of anilines is 1. The van der Waals surface area contributed by atoms with Crippen LogP contribution in [0.4, 0.5) is 10.1 Å². The number of carbonyl (C=O) groups excluding carboxylic acids is 1. The Hall–Kier alpha value is -2.80. The highest BCUT2D eigenvalue weighted by atomic mass is 35.5. The number of carbonyl (C=O) groups is 1. The number of nitrogens with one attached hydrogen (secondary N) is 1. The number of aromatic nitrogens is 4. The molecule has 3 rings (SSSR count). The van der Waals surface area contributed by atoms with Crippen LogP contribution in [0.15, 0.2) is 48.8 Å². The Bertz CT molecular complexity index is 822. The van der Waals surface area contributed by atoms with E-state index in [1.165, 1.54) is 29.2 Å². The van der Waals surface area contributed by atoms with Gasteiger partial charge in [-0.2, -0.15) is 4.68 Å². The minimum absolute atomic E-state index is 0.216. The van der Waals surface area contributed by atoms with Gasteiger partial charge < -0.3 is 5.32 Å². The Balaban J connectivity index is 1.98. The standard InChI is InChI=1S/C14H9ClFN5O/c15-11-3-1-2-4-12(11)18-14(22)10-6-5-9(16)7-13(10)21-8-17-19-20-21/h1-8H,(H,18,22). The van der Waals surface area contributed by atoms with Crippen LogP contribution < -0.4 is 5.32 Å². The molecule has 0 aliphatic carbocycles. The van der Waals surface area contributed by atoms with Crippen molar-refractivity contribution in [3.63, 3.8) is 0 Å². The molecule has 1 aromatic heterocycles. The first-order valence-electron chi connectivity index (χ1n) is 6.24. The maximum Gasteiger partial charge on any atom is 0.257 e. The van der Waals surface area contributed by atoms with Crippen molar-refractivity contribution in [2.45, 2.75) is 0 Å². The molecule has 0 fully saturated rings. The highest BCUT2D eigenvalue weighted by Gasteiger charge is 2.16. The minimum Gasteiger partial charge on any atom is -0.321 e. The number of amides is 1. The topological polar surface area (TPSA) is 72.7 Å². The van der Waals surface area contributed by atoms with E-state index in [-0.39, 0.29) is 11.3 Å². The van der Waals surface area contributed by atoms with Crippen molar-refractivity contribution < 1.29 is 9.18 Å². The number of halogens is 2. The van der Waals surface area contributed by atoms with Gasteiger partial charge in [0.2, 0.25) is 0 Å². The van der Waals surface area contributed by atoms with Crippen LogP contribution in [-0.4, -0.2) is 26.1 Å². The summed E-state index contributed by atoms with van der Waals surface area (Å²) in [5.74, 6) is -0.946. The van der Waals surface area contributed by atoms with E-state index in [1.807, 2.05) is 0 Å². The lowest BCUT2D eigenvalue weighted by Gasteiger charge is -2.10. The number of para-hydroxylation sites is 1. The van der Waals surface area contributed by atoms with E-state index in [0.717, 1.165) is 0 Å². The Morgan fingerprint density at radius 3 is 2.77 bits per heavy atom. The molecule has 3 aromatic rings. The van der Waals surface area contributed by atoms with Crippen LogP contribution in [0.2, 0.25) is 5.02 Å². The summed E-state index contributed by atoms with van der Waals surface area (Å²) in [6, 6.07) is 10.5. The molecule has 1 N–H and O–H groups in total. The van der Waals surface area contributed by atoms with Gasteiger partial charge in [0, 0.05) is 6.07 Å². The molecule has 2 aromatic carbocycles. The number of benzene rings is 2. The second-order valence-corrected chi connectivity index (χ2v) is 4.76. The molecule has 0 spiro atoms. The second-order valence-electron chi connectivity index (χ2n) is 4.35. The molecular weight excluding hydrogens is 309 g/mol. The van der Waals surface area contributed by atoms with Gasteiger partial charge in [-0.3, -0.25) is 4.79 Å². The number of tetrazole rings is 1. The zero-order chi connectivity index (χ0) is 15.5. The van der Waals surface area contributed by atoms with Crippen LogP contribution in [-0.2, 0) is 0 Å². The number of rotatable bonds is 3. The summed E-state index contributed by atoms with van der Waals surface area (Å²) < 4.78 is 14.7. The normalized spacial score (nSPS) is 10.5. The number of hydrogen-bond acceptors (Lipinski definition) is 4. The summed E-state index contributed by atoms with van der Waals surface area (Å²) in [5.41, 5.74) is 0.907. The zero-order valence-electron chi connectivity index (χ0n) is 11.1. The van der Waals surface area contributed by atoms with Gasteiger partial charge in [0.15, 0.2) is 0 Å².